The van der Waals surface area contributed by atoms with E-state index in [-0.39, 0.29) is 68.8 Å². The molecule has 0 aromatic heterocycles. The second kappa shape index (κ2) is 7.13. The number of rotatable bonds is 3. The van der Waals surface area contributed by atoms with Crippen molar-refractivity contribution in [3.63, 3.8) is 0 Å². The molecule has 1 radical (unpaired) electrons. The summed E-state index contributed by atoms with van der Waals surface area (Å²) in [5.74, 6) is -0.302. The van der Waals surface area contributed by atoms with Crippen LogP contribution in [0.4, 0.5) is 0 Å². The number of esters is 1. The van der Waals surface area contributed by atoms with Crippen molar-refractivity contribution < 1.29 is 63.4 Å². The average molecular weight is 515 g/mol. The van der Waals surface area contributed by atoms with Crippen LogP contribution in [0.2, 0.25) is 0 Å². The van der Waals surface area contributed by atoms with E-state index >= 15 is 0 Å². The minimum atomic E-state index is -0.467. The summed E-state index contributed by atoms with van der Waals surface area (Å²) in [4.78, 5) is 12.2. The fourth-order valence-electron chi connectivity index (χ4n) is 3.04. The van der Waals surface area contributed by atoms with E-state index in [9.17, 15) is 9.90 Å². The topological polar surface area (TPSA) is 59.1 Å². The molecule has 1 aromatic carbocycles. The number of benzene rings is 1. The van der Waals surface area contributed by atoms with E-state index in [1.807, 2.05) is 19.1 Å². The Bertz CT molecular complexity index is 569. The van der Waals surface area contributed by atoms with Crippen LogP contribution in [0.1, 0.15) is 35.2 Å². The number of aryl methyl sites for hydroxylation is 1. The fraction of sp³-hybridized carbons (Fsp3) is 0.471. The summed E-state index contributed by atoms with van der Waals surface area (Å²) in [5, 5.41) is 9.24. The predicted octanol–water partition coefficient (Wildman–Crippen LogP) is 2.39. The minimum absolute atomic E-state index is 0. The summed E-state index contributed by atoms with van der Waals surface area (Å²) in [6.07, 6.45) is 1.75. The third-order valence-electron chi connectivity index (χ3n) is 4.44. The molecule has 1 N–H and O–H groups in total. The third-order valence-corrected chi connectivity index (χ3v) is 4.44. The normalized spacial score (nSPS) is 29.8. The van der Waals surface area contributed by atoms with Crippen LogP contribution in [0.5, 0.6) is 0 Å². The van der Waals surface area contributed by atoms with Crippen molar-refractivity contribution in [2.45, 2.75) is 44.0 Å². The van der Waals surface area contributed by atoms with Gasteiger partial charge in [-0.1, -0.05) is 24.3 Å². The molecule has 1 aromatic rings. The number of carbonyl (C=O) groups is 1. The molecule has 5 heteroatoms. The van der Waals surface area contributed by atoms with Gasteiger partial charge < -0.3 is 14.6 Å². The molecule has 1 spiro atoms. The number of carbonyl (C=O) groups excluding carboxylic acids is 1. The molecule has 1 aliphatic heterocycles. The van der Waals surface area contributed by atoms with Gasteiger partial charge in [0.15, 0.2) is 0 Å². The van der Waals surface area contributed by atoms with Crippen LogP contribution in [-0.4, -0.2) is 35.5 Å². The van der Waals surface area contributed by atoms with Crippen LogP contribution in [0, 0.1) is 51.0 Å². The quantitative estimate of drug-likeness (QED) is 0.382. The molecule has 2 aliphatic rings. The Morgan fingerprint density at radius 1 is 1.45 bits per heavy atom. The summed E-state index contributed by atoms with van der Waals surface area (Å²) in [6.45, 7) is 5.99. The number of aliphatic hydroxyl groups excluding tert-OH is 1. The minimum Gasteiger partial charge on any atom is -0.459 e. The number of hydrogen-bond donors (Lipinski definition) is 1. The van der Waals surface area contributed by atoms with Gasteiger partial charge in [-0.25, -0.2) is 4.79 Å². The van der Waals surface area contributed by atoms with Gasteiger partial charge in [-0.2, -0.15) is 0 Å². The van der Waals surface area contributed by atoms with Gasteiger partial charge in [0.1, 0.15) is 17.8 Å². The standard InChI is InChI=1S/C17H20O4.Ac/c1-11-3-6-13(7-4-11)16(19)20-14-8-5-12(2)17(9-14)15(10-18)21-17;/h3-4,6-7,14-15,18H,2,5,8-10H2,1H3;. The van der Waals surface area contributed by atoms with E-state index < -0.39 is 5.60 Å². The average Bonchev–Trinajstić information content (AvgIpc) is 3.18. The van der Waals surface area contributed by atoms with Crippen molar-refractivity contribution in [1.29, 1.82) is 0 Å². The summed E-state index contributed by atoms with van der Waals surface area (Å²) >= 11 is 0. The Morgan fingerprint density at radius 2 is 2.14 bits per heavy atom. The van der Waals surface area contributed by atoms with Crippen LogP contribution < -0.4 is 0 Å². The van der Waals surface area contributed by atoms with Gasteiger partial charge in [-0.3, -0.25) is 0 Å². The van der Waals surface area contributed by atoms with Crippen LogP contribution in [0.15, 0.2) is 36.4 Å². The molecule has 1 aliphatic carbocycles. The first-order valence-corrected chi connectivity index (χ1v) is 7.30. The molecule has 3 atom stereocenters. The van der Waals surface area contributed by atoms with Gasteiger partial charge in [0.25, 0.3) is 0 Å². The molecule has 22 heavy (non-hydrogen) atoms. The molecule has 2 fully saturated rings. The van der Waals surface area contributed by atoms with E-state index in [1.54, 1.807) is 12.1 Å². The Hall–Kier alpha value is -0.208. The van der Waals surface area contributed by atoms with Gasteiger partial charge in [0, 0.05) is 50.5 Å². The van der Waals surface area contributed by atoms with Crippen LogP contribution in [-0.2, 0) is 9.47 Å². The molecule has 0 amide bonds. The van der Waals surface area contributed by atoms with Crippen molar-refractivity contribution in [3.05, 3.63) is 47.5 Å². The Labute approximate surface area is 166 Å². The fourth-order valence-corrected chi connectivity index (χ4v) is 3.04. The van der Waals surface area contributed by atoms with Gasteiger partial charge in [0.2, 0.25) is 0 Å². The second-order valence-corrected chi connectivity index (χ2v) is 5.92. The zero-order valence-electron chi connectivity index (χ0n) is 12.7. The van der Waals surface area contributed by atoms with E-state index in [0.29, 0.717) is 12.0 Å². The molecule has 115 valence electrons. The van der Waals surface area contributed by atoms with Crippen molar-refractivity contribution in [2.24, 2.45) is 0 Å². The van der Waals surface area contributed by atoms with Gasteiger partial charge in [-0.05, 0) is 37.5 Å². The smallest absolute Gasteiger partial charge is 0.338 e. The number of aliphatic hydroxyl groups is 1. The monoisotopic (exact) mass is 515 g/mol. The molecule has 3 unspecified atom stereocenters. The molecule has 0 bridgehead atoms. The summed E-state index contributed by atoms with van der Waals surface area (Å²) in [6, 6.07) is 7.35. The summed E-state index contributed by atoms with van der Waals surface area (Å²) < 4.78 is 11.2. The second-order valence-electron chi connectivity index (χ2n) is 5.92. The molecule has 1 heterocycles. The van der Waals surface area contributed by atoms with E-state index in [0.717, 1.165) is 24.0 Å². The molecular formula is C17H20AcO4. The van der Waals surface area contributed by atoms with Crippen molar-refractivity contribution in [3.8, 4) is 0 Å². The zero-order chi connectivity index (χ0) is 15.0. The first-order valence-electron chi connectivity index (χ1n) is 7.30. The van der Waals surface area contributed by atoms with E-state index in [2.05, 4.69) is 6.58 Å². The van der Waals surface area contributed by atoms with E-state index in [4.69, 9.17) is 9.47 Å². The number of hydrogen-bond acceptors (Lipinski definition) is 4. The van der Waals surface area contributed by atoms with Gasteiger partial charge in [0.05, 0.1) is 12.2 Å². The molecule has 3 rings (SSSR count). The van der Waals surface area contributed by atoms with Crippen LogP contribution >= 0.6 is 0 Å². The number of ether oxygens (including phenoxy) is 2. The molecule has 1 saturated carbocycles. The van der Waals surface area contributed by atoms with Crippen molar-refractivity contribution in [1.82, 2.24) is 0 Å². The molecular weight excluding hydrogens is 495 g/mol. The third kappa shape index (κ3) is 3.48. The Balaban J connectivity index is 0.00000176. The zero-order valence-corrected chi connectivity index (χ0v) is 17.5. The van der Waals surface area contributed by atoms with Crippen LogP contribution in [0.25, 0.3) is 0 Å². The number of epoxide rings is 1. The first-order chi connectivity index (χ1) is 10.0. The Morgan fingerprint density at radius 3 is 2.73 bits per heavy atom. The van der Waals surface area contributed by atoms with Gasteiger partial charge in [-0.15, -0.1) is 0 Å². The van der Waals surface area contributed by atoms with Gasteiger partial charge >= 0.3 is 5.97 Å². The summed E-state index contributed by atoms with van der Waals surface area (Å²) in [7, 11) is 0. The summed E-state index contributed by atoms with van der Waals surface area (Å²) in [5.41, 5.74) is 2.21. The molecule has 1 saturated heterocycles. The first kappa shape index (κ1) is 18.1. The SMILES string of the molecule is C=C1CCC(OC(=O)c2ccc(C)cc2)CC12OC2CO.[Ac]. The molecule has 4 nitrogen and oxygen atoms in total. The largest absolute Gasteiger partial charge is 0.459 e. The Kier molecular flexibility index (Phi) is 5.88. The van der Waals surface area contributed by atoms with Crippen molar-refractivity contribution >= 4 is 5.97 Å². The predicted molar refractivity (Wildman–Crippen MR) is 78.1 cm³/mol. The van der Waals surface area contributed by atoms with E-state index in [1.165, 1.54) is 0 Å². The maximum atomic E-state index is 12.2. The van der Waals surface area contributed by atoms with Crippen molar-refractivity contribution in [2.75, 3.05) is 6.61 Å². The maximum absolute atomic E-state index is 12.2. The van der Waals surface area contributed by atoms with Crippen LogP contribution in [0.3, 0.4) is 0 Å². The maximum Gasteiger partial charge on any atom is 0.338 e.